The predicted molar refractivity (Wildman–Crippen MR) is 111 cm³/mol. The molecule has 0 saturated carbocycles. The monoisotopic (exact) mass is 416 g/mol. The van der Waals surface area contributed by atoms with Gasteiger partial charge in [0.15, 0.2) is 12.4 Å². The van der Waals surface area contributed by atoms with Crippen LogP contribution in [-0.2, 0) is 16.6 Å². The molecule has 4 rings (SSSR count). The van der Waals surface area contributed by atoms with Gasteiger partial charge in [-0.15, -0.1) is 0 Å². The lowest BCUT2D eigenvalue weighted by molar-refractivity contribution is 0.0345. The molecule has 10 heteroatoms. The zero-order valence-electron chi connectivity index (χ0n) is 16.2. The summed E-state index contributed by atoms with van der Waals surface area (Å²) in [6.07, 6.45) is 6.79. The third-order valence-electron chi connectivity index (χ3n) is 4.94. The van der Waals surface area contributed by atoms with Crippen LogP contribution < -0.4 is 15.3 Å². The predicted octanol–water partition coefficient (Wildman–Crippen LogP) is 1.21. The van der Waals surface area contributed by atoms with Crippen molar-refractivity contribution in [2.45, 2.75) is 19.4 Å². The highest BCUT2D eigenvalue weighted by Crippen LogP contribution is 2.32. The molecule has 3 heterocycles. The molecule has 0 amide bonds. The van der Waals surface area contributed by atoms with Crippen LogP contribution in [0.4, 0.5) is 5.82 Å². The molecule has 0 unspecified atom stereocenters. The first-order valence-corrected chi connectivity index (χ1v) is 11.3. The summed E-state index contributed by atoms with van der Waals surface area (Å²) in [4.78, 5) is 16.7. The van der Waals surface area contributed by atoms with E-state index in [4.69, 9.17) is 10.6 Å². The molecule has 0 aliphatic carbocycles. The number of hydrogen-bond acceptors (Lipinski definition) is 7. The van der Waals surface area contributed by atoms with Crippen LogP contribution in [0.25, 0.3) is 22.2 Å². The zero-order chi connectivity index (χ0) is 20.4. The highest BCUT2D eigenvalue weighted by Gasteiger charge is 2.18. The van der Waals surface area contributed by atoms with Gasteiger partial charge in [0, 0.05) is 25.2 Å². The molecule has 0 radical (unpaired) electrons. The van der Waals surface area contributed by atoms with Crippen molar-refractivity contribution in [2.75, 3.05) is 31.8 Å². The van der Waals surface area contributed by atoms with Gasteiger partial charge in [-0.05, 0) is 30.0 Å². The fourth-order valence-corrected chi connectivity index (χ4v) is 3.92. The number of nitrogens with two attached hydrogens (primary N) is 1. The Bertz CT molecular complexity index is 1120. The van der Waals surface area contributed by atoms with Crippen molar-refractivity contribution < 1.29 is 13.3 Å². The molecule has 2 aromatic heterocycles. The molecule has 1 saturated heterocycles. The van der Waals surface area contributed by atoms with Gasteiger partial charge >= 0.3 is 0 Å². The van der Waals surface area contributed by atoms with E-state index in [0.29, 0.717) is 23.6 Å². The van der Waals surface area contributed by atoms with Crippen LogP contribution in [0.3, 0.4) is 0 Å². The van der Waals surface area contributed by atoms with Crippen LogP contribution in [0.15, 0.2) is 36.8 Å². The van der Waals surface area contributed by atoms with E-state index in [-0.39, 0.29) is 6.54 Å². The van der Waals surface area contributed by atoms with E-state index in [9.17, 15) is 8.42 Å². The summed E-state index contributed by atoms with van der Waals surface area (Å²) in [5.74, 6) is 0.369. The Kier molecular flexibility index (Phi) is 5.39. The second-order valence-corrected chi connectivity index (χ2v) is 9.04. The summed E-state index contributed by atoms with van der Waals surface area (Å²) >= 11 is 0. The van der Waals surface area contributed by atoms with Crippen molar-refractivity contribution in [1.82, 2.24) is 24.3 Å². The van der Waals surface area contributed by atoms with Gasteiger partial charge in [-0.25, -0.2) is 23.1 Å². The number of anilines is 1. The number of nitrogens with one attached hydrogen (secondary N) is 1. The summed E-state index contributed by atoms with van der Waals surface area (Å²) in [7, 11) is -3.27. The molecular weight excluding hydrogens is 392 g/mol. The average Bonchev–Trinajstić information content (AvgIpc) is 3.33. The molecule has 0 spiro atoms. The van der Waals surface area contributed by atoms with Gasteiger partial charge in [-0.2, -0.15) is 4.73 Å². The van der Waals surface area contributed by atoms with Gasteiger partial charge in [0.2, 0.25) is 10.0 Å². The first kappa shape index (κ1) is 19.6. The average molecular weight is 417 g/mol. The smallest absolute Gasteiger partial charge is 0.209 e. The lowest BCUT2D eigenvalue weighted by Crippen LogP contribution is -2.28. The van der Waals surface area contributed by atoms with Crippen LogP contribution in [0.1, 0.15) is 18.4 Å². The van der Waals surface area contributed by atoms with E-state index < -0.39 is 10.0 Å². The number of sulfonamides is 1. The molecule has 29 heavy (non-hydrogen) atoms. The fourth-order valence-electron chi connectivity index (χ4n) is 3.49. The first-order chi connectivity index (χ1) is 13.9. The molecule has 9 nitrogen and oxygen atoms in total. The number of benzene rings is 1. The Morgan fingerprint density at radius 2 is 2.03 bits per heavy atom. The second-order valence-electron chi connectivity index (χ2n) is 7.20. The Labute approximate surface area is 169 Å². The van der Waals surface area contributed by atoms with Gasteiger partial charge in [-0.3, -0.25) is 4.90 Å². The Hall–Kier alpha value is -2.69. The summed E-state index contributed by atoms with van der Waals surface area (Å²) < 4.78 is 26.9. The van der Waals surface area contributed by atoms with Crippen molar-refractivity contribution in [1.29, 1.82) is 0 Å². The van der Waals surface area contributed by atoms with E-state index >= 15 is 0 Å². The largest absolute Gasteiger partial charge is 0.396 e. The number of likely N-dealkylation sites (tertiary alicyclic amines) is 1. The highest BCUT2D eigenvalue weighted by atomic mass is 32.2. The van der Waals surface area contributed by atoms with Crippen LogP contribution in [0, 0.1) is 0 Å². The van der Waals surface area contributed by atoms with Crippen LogP contribution in [0.2, 0.25) is 0 Å². The Morgan fingerprint density at radius 3 is 2.79 bits per heavy atom. The Morgan fingerprint density at radius 1 is 1.24 bits per heavy atom. The Balaban J connectivity index is 1.68. The lowest BCUT2D eigenvalue weighted by atomic mass is 10.0. The highest BCUT2D eigenvalue weighted by molar-refractivity contribution is 7.88. The minimum absolute atomic E-state index is 0.211. The molecular formula is C19H24N6O3S. The number of rotatable bonds is 7. The molecule has 1 aliphatic heterocycles. The second kappa shape index (κ2) is 7.97. The van der Waals surface area contributed by atoms with E-state index in [0.717, 1.165) is 36.0 Å². The van der Waals surface area contributed by atoms with Gasteiger partial charge < -0.3 is 10.6 Å². The molecule has 1 aromatic carbocycles. The maximum absolute atomic E-state index is 11.4. The summed E-state index contributed by atoms with van der Waals surface area (Å²) in [6, 6.07) is 7.60. The zero-order valence-corrected chi connectivity index (χ0v) is 17.0. The maximum Gasteiger partial charge on any atom is 0.209 e. The summed E-state index contributed by atoms with van der Waals surface area (Å²) in [5.41, 5.74) is 9.31. The first-order valence-electron chi connectivity index (χ1n) is 9.42. The molecule has 0 bridgehead atoms. The van der Waals surface area contributed by atoms with Crippen molar-refractivity contribution >= 4 is 26.9 Å². The molecule has 0 atom stereocenters. The maximum atomic E-state index is 11.4. The topological polar surface area (TPSA) is 115 Å². The number of nitrogens with zero attached hydrogens (tertiary/aromatic N) is 4. The molecule has 154 valence electrons. The molecule has 3 aromatic rings. The standard InChI is InChI=1S/C19H24N6O3S/c1-29(26,27)23-10-14-5-4-6-15(9-14)16-11-25(28-13-24-7-2-3-8-24)19-17(16)18(20)21-12-22-19/h4-6,9,11-12,23H,2-3,7-8,10,13H2,1H3,(H2,20,21,22). The van der Waals surface area contributed by atoms with Crippen molar-refractivity contribution in [3.05, 3.63) is 42.4 Å². The summed E-state index contributed by atoms with van der Waals surface area (Å²) in [6.45, 7) is 2.74. The quantitative estimate of drug-likeness (QED) is 0.595. The van der Waals surface area contributed by atoms with Gasteiger partial charge in [0.1, 0.15) is 12.1 Å². The van der Waals surface area contributed by atoms with Gasteiger partial charge in [0.05, 0.1) is 17.8 Å². The van der Waals surface area contributed by atoms with Crippen LogP contribution in [-0.4, -0.2) is 54.1 Å². The number of aromatic nitrogens is 3. The number of nitrogen functional groups attached to an aromatic ring is 1. The van der Waals surface area contributed by atoms with E-state index in [1.165, 1.54) is 19.2 Å². The SMILES string of the molecule is CS(=O)(=O)NCc1cccc(-c2cn(OCN3CCCC3)c3ncnc(N)c23)c1. The fraction of sp³-hybridized carbons (Fsp3) is 0.368. The van der Waals surface area contributed by atoms with E-state index in [1.807, 2.05) is 30.5 Å². The van der Waals surface area contributed by atoms with Gasteiger partial charge in [-0.1, -0.05) is 18.2 Å². The van der Waals surface area contributed by atoms with Crippen LogP contribution in [0.5, 0.6) is 0 Å². The molecule has 3 N–H and O–H groups in total. The molecule has 1 aliphatic rings. The summed E-state index contributed by atoms with van der Waals surface area (Å²) in [5, 5.41) is 0.710. The van der Waals surface area contributed by atoms with Gasteiger partial charge in [0.25, 0.3) is 0 Å². The number of hydrogen-bond donors (Lipinski definition) is 2. The molecule has 1 fully saturated rings. The minimum atomic E-state index is -3.27. The van der Waals surface area contributed by atoms with Crippen molar-refractivity contribution in [3.8, 4) is 11.1 Å². The normalized spacial score (nSPS) is 15.2. The third kappa shape index (κ3) is 4.50. The van der Waals surface area contributed by atoms with Crippen molar-refractivity contribution in [3.63, 3.8) is 0 Å². The van der Waals surface area contributed by atoms with E-state index in [1.54, 1.807) is 4.73 Å². The third-order valence-corrected chi connectivity index (χ3v) is 5.60. The minimum Gasteiger partial charge on any atom is -0.396 e. The van der Waals surface area contributed by atoms with Crippen molar-refractivity contribution in [2.24, 2.45) is 0 Å². The van der Waals surface area contributed by atoms with E-state index in [2.05, 4.69) is 19.6 Å². The van der Waals surface area contributed by atoms with Crippen LogP contribution >= 0.6 is 0 Å². The number of fused-ring (bicyclic) bond motifs is 1. The lowest BCUT2D eigenvalue weighted by Gasteiger charge is -2.15.